The van der Waals surface area contributed by atoms with Crippen LogP contribution in [0.2, 0.25) is 0 Å². The predicted molar refractivity (Wildman–Crippen MR) is 87.7 cm³/mol. The molecule has 1 saturated heterocycles. The molecule has 2 heteroatoms. The maximum atomic E-state index is 6.48. The van der Waals surface area contributed by atoms with Crippen LogP contribution >= 0.6 is 0 Å². The Hall–Kier alpha value is -0.0800. The van der Waals surface area contributed by atoms with Crippen molar-refractivity contribution in [3.05, 3.63) is 0 Å². The normalized spacial score (nSPS) is 37.4. The van der Waals surface area contributed by atoms with E-state index >= 15 is 0 Å². The molecule has 118 valence electrons. The average molecular weight is 281 g/mol. The van der Waals surface area contributed by atoms with Gasteiger partial charge in [-0.1, -0.05) is 41.5 Å². The van der Waals surface area contributed by atoms with Crippen LogP contribution < -0.4 is 5.73 Å². The van der Waals surface area contributed by atoms with Gasteiger partial charge in [-0.05, 0) is 54.9 Å². The first kappa shape index (κ1) is 16.3. The molecule has 4 unspecified atom stereocenters. The highest BCUT2D eigenvalue weighted by molar-refractivity contribution is 4.96. The third kappa shape index (κ3) is 3.57. The Labute approximate surface area is 126 Å². The number of rotatable bonds is 1. The minimum atomic E-state index is 0.396. The summed E-state index contributed by atoms with van der Waals surface area (Å²) >= 11 is 0. The fraction of sp³-hybridized carbons (Fsp3) is 1.00. The number of likely N-dealkylation sites (tertiary alicyclic amines) is 1. The lowest BCUT2D eigenvalue weighted by molar-refractivity contribution is 0.0767. The van der Waals surface area contributed by atoms with Gasteiger partial charge in [0, 0.05) is 18.6 Å². The summed E-state index contributed by atoms with van der Waals surface area (Å²) in [7, 11) is 0. The molecule has 1 saturated carbocycles. The number of nitrogens with zero attached hydrogens (tertiary/aromatic N) is 1. The van der Waals surface area contributed by atoms with Crippen molar-refractivity contribution in [2.45, 2.75) is 79.3 Å². The van der Waals surface area contributed by atoms with E-state index in [1.165, 1.54) is 38.8 Å². The molecule has 2 N–H and O–H groups in total. The van der Waals surface area contributed by atoms with E-state index in [-0.39, 0.29) is 0 Å². The van der Waals surface area contributed by atoms with E-state index in [9.17, 15) is 0 Å². The maximum Gasteiger partial charge on any atom is 0.0250 e. The molecule has 4 atom stereocenters. The maximum absolute atomic E-state index is 6.48. The number of hydrogen-bond donors (Lipinski definition) is 1. The zero-order valence-electron chi connectivity index (χ0n) is 14.6. The summed E-state index contributed by atoms with van der Waals surface area (Å²) in [6.07, 6.45) is 5.19. The molecule has 0 aromatic heterocycles. The Balaban J connectivity index is 2.01. The van der Waals surface area contributed by atoms with E-state index in [4.69, 9.17) is 5.73 Å². The first-order valence-electron chi connectivity index (χ1n) is 8.58. The average Bonchev–Trinajstić information content (AvgIpc) is 2.76. The number of hydrogen-bond acceptors (Lipinski definition) is 2. The molecule has 0 bridgehead atoms. The smallest absolute Gasteiger partial charge is 0.0250 e. The van der Waals surface area contributed by atoms with Gasteiger partial charge in [-0.3, -0.25) is 4.90 Å². The van der Waals surface area contributed by atoms with Crippen LogP contribution in [0, 0.1) is 22.7 Å². The molecule has 2 aliphatic rings. The van der Waals surface area contributed by atoms with E-state index in [1.807, 2.05) is 0 Å². The number of nitrogens with two attached hydrogens (primary N) is 1. The molecule has 1 aliphatic heterocycles. The van der Waals surface area contributed by atoms with Crippen LogP contribution in [0.1, 0.15) is 67.2 Å². The second-order valence-electron chi connectivity index (χ2n) is 9.45. The van der Waals surface area contributed by atoms with Gasteiger partial charge >= 0.3 is 0 Å². The second-order valence-corrected chi connectivity index (χ2v) is 9.45. The van der Waals surface area contributed by atoms with Crippen LogP contribution in [0.4, 0.5) is 0 Å². The van der Waals surface area contributed by atoms with Gasteiger partial charge < -0.3 is 5.73 Å². The monoisotopic (exact) mass is 280 g/mol. The summed E-state index contributed by atoms with van der Waals surface area (Å²) in [6.45, 7) is 16.9. The standard InChI is InChI=1S/C18H36N2/c1-17(2,3)13-7-8-15(19)16(11-13)20-10-9-14(12-20)18(4,5)6/h13-16H,7-12,19H2,1-6H3. The molecule has 0 spiro atoms. The Morgan fingerprint density at radius 1 is 0.850 bits per heavy atom. The minimum absolute atomic E-state index is 0.396. The molecule has 1 aliphatic carbocycles. The summed E-state index contributed by atoms with van der Waals surface area (Å²) in [4.78, 5) is 2.72. The van der Waals surface area contributed by atoms with Gasteiger partial charge in [0.15, 0.2) is 0 Å². The van der Waals surface area contributed by atoms with Gasteiger partial charge in [0.05, 0.1) is 0 Å². The topological polar surface area (TPSA) is 29.3 Å². The zero-order valence-corrected chi connectivity index (χ0v) is 14.6. The van der Waals surface area contributed by atoms with Crippen molar-refractivity contribution < 1.29 is 0 Å². The van der Waals surface area contributed by atoms with Crippen molar-refractivity contribution in [1.82, 2.24) is 4.90 Å². The lowest BCUT2D eigenvalue weighted by atomic mass is 9.69. The van der Waals surface area contributed by atoms with E-state index in [0.717, 1.165) is 11.8 Å². The van der Waals surface area contributed by atoms with Crippen molar-refractivity contribution in [2.24, 2.45) is 28.4 Å². The Morgan fingerprint density at radius 3 is 1.95 bits per heavy atom. The van der Waals surface area contributed by atoms with E-state index in [2.05, 4.69) is 46.4 Å². The molecular weight excluding hydrogens is 244 g/mol. The Bertz CT molecular complexity index is 323. The van der Waals surface area contributed by atoms with Crippen molar-refractivity contribution in [1.29, 1.82) is 0 Å². The highest BCUT2D eigenvalue weighted by Gasteiger charge is 2.41. The lowest BCUT2D eigenvalue weighted by Gasteiger charge is -2.44. The summed E-state index contributed by atoms with van der Waals surface area (Å²) in [5.41, 5.74) is 7.35. The van der Waals surface area contributed by atoms with Crippen molar-refractivity contribution in [2.75, 3.05) is 13.1 Å². The fourth-order valence-electron chi connectivity index (χ4n) is 4.17. The lowest BCUT2D eigenvalue weighted by Crippen LogP contribution is -2.52. The van der Waals surface area contributed by atoms with Gasteiger partial charge in [0.1, 0.15) is 0 Å². The molecule has 20 heavy (non-hydrogen) atoms. The van der Waals surface area contributed by atoms with Crippen LogP contribution in [0.5, 0.6) is 0 Å². The van der Waals surface area contributed by atoms with Crippen molar-refractivity contribution in [3.63, 3.8) is 0 Å². The quantitative estimate of drug-likeness (QED) is 0.789. The van der Waals surface area contributed by atoms with Crippen LogP contribution in [-0.4, -0.2) is 30.1 Å². The van der Waals surface area contributed by atoms with Gasteiger partial charge in [-0.2, -0.15) is 0 Å². The molecular formula is C18H36N2. The SMILES string of the molecule is CC(C)(C)C1CCC(N)C(N2CCC(C(C)(C)C)C2)C1. The Kier molecular flexibility index (Phi) is 4.57. The molecule has 2 fully saturated rings. The summed E-state index contributed by atoms with van der Waals surface area (Å²) in [6, 6.07) is 1.02. The first-order valence-corrected chi connectivity index (χ1v) is 8.58. The second kappa shape index (κ2) is 5.61. The van der Waals surface area contributed by atoms with E-state index in [1.54, 1.807) is 0 Å². The van der Waals surface area contributed by atoms with Crippen molar-refractivity contribution in [3.8, 4) is 0 Å². The van der Waals surface area contributed by atoms with Gasteiger partial charge in [-0.25, -0.2) is 0 Å². The third-order valence-electron chi connectivity index (χ3n) is 6.01. The van der Waals surface area contributed by atoms with Crippen LogP contribution in [0.15, 0.2) is 0 Å². The Morgan fingerprint density at radius 2 is 1.45 bits per heavy atom. The van der Waals surface area contributed by atoms with E-state index in [0.29, 0.717) is 22.9 Å². The van der Waals surface area contributed by atoms with E-state index < -0.39 is 0 Å². The van der Waals surface area contributed by atoms with Crippen LogP contribution in [0.25, 0.3) is 0 Å². The highest BCUT2D eigenvalue weighted by Crippen LogP contribution is 2.41. The molecule has 1 heterocycles. The zero-order chi connectivity index (χ0) is 15.1. The molecule has 2 rings (SSSR count). The molecule has 0 amide bonds. The fourth-order valence-corrected chi connectivity index (χ4v) is 4.17. The largest absolute Gasteiger partial charge is 0.326 e. The molecule has 0 aromatic carbocycles. The predicted octanol–water partition coefficient (Wildman–Crippen LogP) is 3.90. The molecule has 0 aromatic rings. The summed E-state index contributed by atoms with van der Waals surface area (Å²) in [5.74, 6) is 1.67. The van der Waals surface area contributed by atoms with Gasteiger partial charge in [0.25, 0.3) is 0 Å². The summed E-state index contributed by atoms with van der Waals surface area (Å²) in [5, 5.41) is 0. The minimum Gasteiger partial charge on any atom is -0.326 e. The highest BCUT2D eigenvalue weighted by atomic mass is 15.2. The molecule has 0 radical (unpaired) electrons. The van der Waals surface area contributed by atoms with Gasteiger partial charge in [0.2, 0.25) is 0 Å². The van der Waals surface area contributed by atoms with Gasteiger partial charge in [-0.15, -0.1) is 0 Å². The van der Waals surface area contributed by atoms with Crippen LogP contribution in [-0.2, 0) is 0 Å². The van der Waals surface area contributed by atoms with Crippen LogP contribution in [0.3, 0.4) is 0 Å². The summed E-state index contributed by atoms with van der Waals surface area (Å²) < 4.78 is 0. The first-order chi connectivity index (χ1) is 9.09. The molecule has 2 nitrogen and oxygen atoms in total. The van der Waals surface area contributed by atoms with Crippen molar-refractivity contribution >= 4 is 0 Å². The third-order valence-corrected chi connectivity index (χ3v) is 6.01.